The van der Waals surface area contributed by atoms with Gasteiger partial charge < -0.3 is 21.3 Å². The van der Waals surface area contributed by atoms with Crippen LogP contribution in [0.4, 0.5) is 0 Å². The highest BCUT2D eigenvalue weighted by atomic mass is 16.2. The second kappa shape index (κ2) is 11.6. The summed E-state index contributed by atoms with van der Waals surface area (Å²) in [5.74, 6) is -1.61. The Labute approximate surface area is 188 Å². The number of carbonyl (C=O) groups excluding carboxylic acids is 4. The maximum Gasteiger partial charge on any atom is 0.251 e. The first-order valence-electron chi connectivity index (χ1n) is 10.8. The van der Waals surface area contributed by atoms with Gasteiger partial charge in [0, 0.05) is 59.6 Å². The summed E-state index contributed by atoms with van der Waals surface area (Å²) in [6.45, 7) is 8.66. The van der Waals surface area contributed by atoms with E-state index in [4.69, 9.17) is 0 Å². The number of carbonyl (C=O) groups is 4. The van der Waals surface area contributed by atoms with E-state index in [-0.39, 0.29) is 33.4 Å². The van der Waals surface area contributed by atoms with E-state index in [1.807, 2.05) is 0 Å². The van der Waals surface area contributed by atoms with Gasteiger partial charge in [0.1, 0.15) is 0 Å². The standard InChI is InChI=1S/C24H30N4O4/c1-5-25-21(29)15-11-9-12-16(22(30)26-6-2)19(15)20-17(23(31)27-7-3)13-10-14-18(20)24(32)28-8-4/h9-14H,5-8H2,1-4H3,(H,25,29)(H,26,30)(H,27,31)(H,28,32). The zero-order valence-electron chi connectivity index (χ0n) is 18.9. The van der Waals surface area contributed by atoms with Gasteiger partial charge in [-0.2, -0.15) is 0 Å². The van der Waals surface area contributed by atoms with Crippen molar-refractivity contribution in [2.75, 3.05) is 26.2 Å². The lowest BCUT2D eigenvalue weighted by Gasteiger charge is -2.20. The van der Waals surface area contributed by atoms with Crippen LogP contribution in [0.25, 0.3) is 11.1 Å². The molecule has 0 saturated carbocycles. The van der Waals surface area contributed by atoms with Crippen molar-refractivity contribution in [2.45, 2.75) is 27.7 Å². The summed E-state index contributed by atoms with van der Waals surface area (Å²) in [7, 11) is 0. The van der Waals surface area contributed by atoms with Gasteiger partial charge in [0.15, 0.2) is 0 Å². The molecular formula is C24H30N4O4. The Hall–Kier alpha value is -3.68. The minimum absolute atomic E-state index is 0.206. The van der Waals surface area contributed by atoms with Crippen molar-refractivity contribution in [3.63, 3.8) is 0 Å². The van der Waals surface area contributed by atoms with Crippen LogP contribution in [-0.4, -0.2) is 49.8 Å². The van der Waals surface area contributed by atoms with Crippen LogP contribution in [0, 0.1) is 0 Å². The fraction of sp³-hybridized carbons (Fsp3) is 0.333. The van der Waals surface area contributed by atoms with Gasteiger partial charge in [0.2, 0.25) is 0 Å². The molecule has 0 heterocycles. The highest BCUT2D eigenvalue weighted by molar-refractivity contribution is 6.16. The first-order chi connectivity index (χ1) is 15.4. The van der Waals surface area contributed by atoms with Crippen molar-refractivity contribution >= 4 is 23.6 Å². The Kier molecular flexibility index (Phi) is 8.95. The van der Waals surface area contributed by atoms with Crippen LogP contribution in [0.15, 0.2) is 36.4 Å². The number of benzene rings is 2. The molecule has 0 saturated heterocycles. The van der Waals surface area contributed by atoms with E-state index in [9.17, 15) is 19.2 Å². The molecule has 0 aliphatic rings. The molecule has 32 heavy (non-hydrogen) atoms. The Morgan fingerprint density at radius 1 is 0.500 bits per heavy atom. The first-order valence-corrected chi connectivity index (χ1v) is 10.8. The molecule has 0 atom stereocenters. The third-order valence-electron chi connectivity index (χ3n) is 4.71. The first kappa shape index (κ1) is 24.6. The number of amides is 4. The molecule has 8 nitrogen and oxygen atoms in total. The average Bonchev–Trinajstić information content (AvgIpc) is 2.78. The van der Waals surface area contributed by atoms with Gasteiger partial charge in [0.05, 0.1) is 0 Å². The van der Waals surface area contributed by atoms with Crippen LogP contribution >= 0.6 is 0 Å². The molecule has 170 valence electrons. The van der Waals surface area contributed by atoms with Crippen LogP contribution < -0.4 is 21.3 Å². The van der Waals surface area contributed by atoms with Crippen molar-refractivity contribution in [2.24, 2.45) is 0 Å². The maximum atomic E-state index is 12.9. The van der Waals surface area contributed by atoms with Crippen molar-refractivity contribution in [1.82, 2.24) is 21.3 Å². The van der Waals surface area contributed by atoms with E-state index in [0.717, 1.165) is 0 Å². The third kappa shape index (κ3) is 5.32. The molecule has 0 unspecified atom stereocenters. The van der Waals surface area contributed by atoms with Crippen molar-refractivity contribution in [3.8, 4) is 11.1 Å². The molecule has 0 spiro atoms. The van der Waals surface area contributed by atoms with Crippen LogP contribution in [0.2, 0.25) is 0 Å². The summed E-state index contributed by atoms with van der Waals surface area (Å²) in [6.07, 6.45) is 0. The van der Waals surface area contributed by atoms with Gasteiger partial charge in [-0.1, -0.05) is 12.1 Å². The lowest BCUT2D eigenvalue weighted by molar-refractivity contribution is 0.0937. The molecule has 2 aromatic carbocycles. The smallest absolute Gasteiger partial charge is 0.251 e. The molecule has 4 N–H and O–H groups in total. The average molecular weight is 439 g/mol. The van der Waals surface area contributed by atoms with Crippen LogP contribution in [0.5, 0.6) is 0 Å². The monoisotopic (exact) mass is 438 g/mol. The summed E-state index contributed by atoms with van der Waals surface area (Å²) >= 11 is 0. The molecule has 2 aromatic rings. The molecule has 4 amide bonds. The number of hydrogen-bond donors (Lipinski definition) is 4. The molecule has 0 aliphatic heterocycles. The lowest BCUT2D eigenvalue weighted by atomic mass is 9.86. The summed E-state index contributed by atoms with van der Waals surface area (Å²) in [4.78, 5) is 51.8. The highest BCUT2D eigenvalue weighted by Gasteiger charge is 2.28. The van der Waals surface area contributed by atoms with Crippen LogP contribution in [0.3, 0.4) is 0 Å². The van der Waals surface area contributed by atoms with E-state index < -0.39 is 23.6 Å². The largest absolute Gasteiger partial charge is 0.352 e. The second-order valence-electron chi connectivity index (χ2n) is 6.89. The van der Waals surface area contributed by atoms with Crippen LogP contribution in [-0.2, 0) is 0 Å². The van der Waals surface area contributed by atoms with Gasteiger partial charge in [-0.25, -0.2) is 0 Å². The van der Waals surface area contributed by atoms with Crippen LogP contribution in [0.1, 0.15) is 69.1 Å². The van der Waals surface area contributed by atoms with Gasteiger partial charge >= 0.3 is 0 Å². The van der Waals surface area contributed by atoms with Gasteiger partial charge in [-0.05, 0) is 52.0 Å². The van der Waals surface area contributed by atoms with E-state index in [2.05, 4.69) is 21.3 Å². The molecular weight excluding hydrogens is 408 g/mol. The topological polar surface area (TPSA) is 116 Å². The maximum absolute atomic E-state index is 12.9. The van der Waals surface area contributed by atoms with Crippen molar-refractivity contribution < 1.29 is 19.2 Å². The Bertz CT molecular complexity index is 863. The Balaban J connectivity index is 2.97. The van der Waals surface area contributed by atoms with E-state index in [1.165, 1.54) is 0 Å². The summed E-state index contributed by atoms with van der Waals surface area (Å²) in [6, 6.07) is 9.55. The predicted octanol–water partition coefficient (Wildman–Crippen LogP) is 2.35. The fourth-order valence-electron chi connectivity index (χ4n) is 3.42. The number of hydrogen-bond acceptors (Lipinski definition) is 4. The molecule has 0 radical (unpaired) electrons. The molecule has 0 aromatic heterocycles. The van der Waals surface area contributed by atoms with Gasteiger partial charge in [-0.15, -0.1) is 0 Å². The van der Waals surface area contributed by atoms with Gasteiger partial charge in [-0.3, -0.25) is 19.2 Å². The molecule has 0 aliphatic carbocycles. The minimum atomic E-state index is -0.402. The molecule has 0 bridgehead atoms. The molecule has 0 fully saturated rings. The molecule has 8 heteroatoms. The SMILES string of the molecule is CCNC(=O)c1cccc(C(=O)NCC)c1-c1c(C(=O)NCC)cccc1C(=O)NCC. The fourth-order valence-corrected chi connectivity index (χ4v) is 3.42. The quantitative estimate of drug-likeness (QED) is 0.481. The zero-order valence-corrected chi connectivity index (χ0v) is 18.9. The molecule has 2 rings (SSSR count). The van der Waals surface area contributed by atoms with Crippen molar-refractivity contribution in [3.05, 3.63) is 58.7 Å². The summed E-state index contributed by atoms with van der Waals surface area (Å²) in [5.41, 5.74) is 1.31. The summed E-state index contributed by atoms with van der Waals surface area (Å²) in [5, 5.41) is 11.0. The lowest BCUT2D eigenvalue weighted by Crippen LogP contribution is -2.30. The second-order valence-corrected chi connectivity index (χ2v) is 6.89. The number of rotatable bonds is 9. The van der Waals surface area contributed by atoms with E-state index in [0.29, 0.717) is 26.2 Å². The predicted molar refractivity (Wildman–Crippen MR) is 124 cm³/mol. The number of nitrogens with one attached hydrogen (secondary N) is 4. The normalized spacial score (nSPS) is 10.2. The summed E-state index contributed by atoms with van der Waals surface area (Å²) < 4.78 is 0. The Morgan fingerprint density at radius 2 is 0.719 bits per heavy atom. The highest BCUT2D eigenvalue weighted by Crippen LogP contribution is 2.34. The minimum Gasteiger partial charge on any atom is -0.352 e. The third-order valence-corrected chi connectivity index (χ3v) is 4.71. The van der Waals surface area contributed by atoms with E-state index in [1.54, 1.807) is 64.1 Å². The van der Waals surface area contributed by atoms with E-state index >= 15 is 0 Å². The zero-order chi connectivity index (χ0) is 23.7. The van der Waals surface area contributed by atoms with Crippen molar-refractivity contribution in [1.29, 1.82) is 0 Å². The van der Waals surface area contributed by atoms with Gasteiger partial charge in [0.25, 0.3) is 23.6 Å². The Morgan fingerprint density at radius 3 is 0.906 bits per heavy atom.